The zero-order chi connectivity index (χ0) is 20.9. The van der Waals surface area contributed by atoms with E-state index in [9.17, 15) is 13.2 Å². The number of rotatable bonds is 7. The van der Waals surface area contributed by atoms with Crippen LogP contribution in [0, 0.1) is 6.92 Å². The Morgan fingerprint density at radius 2 is 1.79 bits per heavy atom. The van der Waals surface area contributed by atoms with Crippen LogP contribution in [-0.2, 0) is 21.2 Å². The minimum atomic E-state index is -3.86. The molecule has 1 heterocycles. The molecule has 1 N–H and O–H groups in total. The smallest absolute Gasteiger partial charge is 0.241 e. The molecule has 0 radical (unpaired) electrons. The van der Waals surface area contributed by atoms with Gasteiger partial charge >= 0.3 is 0 Å². The molecule has 29 heavy (non-hydrogen) atoms. The molecule has 0 aliphatic carbocycles. The van der Waals surface area contributed by atoms with Crippen molar-refractivity contribution in [1.29, 1.82) is 0 Å². The van der Waals surface area contributed by atoms with Gasteiger partial charge in [-0.3, -0.25) is 4.79 Å². The molecule has 0 aromatic heterocycles. The van der Waals surface area contributed by atoms with Gasteiger partial charge in [0.05, 0.1) is 12.0 Å². The number of hydrogen-bond donors (Lipinski definition) is 1. The largest absolute Gasteiger partial charge is 0.496 e. The summed E-state index contributed by atoms with van der Waals surface area (Å²) in [6.07, 6.45) is 3.32. The summed E-state index contributed by atoms with van der Waals surface area (Å²) in [6.45, 7) is 3.14. The van der Waals surface area contributed by atoms with Gasteiger partial charge in [0.1, 0.15) is 11.8 Å². The summed E-state index contributed by atoms with van der Waals surface area (Å²) in [6, 6.07) is 13.3. The van der Waals surface area contributed by atoms with Crippen molar-refractivity contribution in [3.8, 4) is 5.75 Å². The molecule has 1 amide bonds. The zero-order valence-corrected chi connectivity index (χ0v) is 17.7. The first-order chi connectivity index (χ1) is 13.9. The maximum absolute atomic E-state index is 13.2. The van der Waals surface area contributed by atoms with Gasteiger partial charge in [-0.05, 0) is 61.9 Å². The van der Waals surface area contributed by atoms with Crippen LogP contribution in [0.3, 0.4) is 0 Å². The van der Waals surface area contributed by atoms with Crippen LogP contribution in [0.5, 0.6) is 5.75 Å². The van der Waals surface area contributed by atoms with Crippen molar-refractivity contribution in [2.24, 2.45) is 0 Å². The molecule has 2 aromatic rings. The lowest BCUT2D eigenvalue weighted by Crippen LogP contribution is -2.50. The maximum atomic E-state index is 13.2. The lowest BCUT2D eigenvalue weighted by Gasteiger charge is -2.30. The molecule has 1 aliphatic heterocycles. The molecule has 1 atom stereocenters. The highest BCUT2D eigenvalue weighted by Crippen LogP contribution is 2.22. The van der Waals surface area contributed by atoms with Gasteiger partial charge in [-0.25, -0.2) is 8.42 Å². The van der Waals surface area contributed by atoms with Gasteiger partial charge in [0.15, 0.2) is 0 Å². The van der Waals surface area contributed by atoms with E-state index < -0.39 is 16.1 Å². The number of amides is 1. The molecule has 1 fully saturated rings. The van der Waals surface area contributed by atoms with Crippen LogP contribution >= 0.6 is 0 Å². The summed E-state index contributed by atoms with van der Waals surface area (Å²) < 4.78 is 34.0. The van der Waals surface area contributed by atoms with Crippen LogP contribution in [0.25, 0.3) is 0 Å². The molecule has 0 spiro atoms. The fraction of sp³-hybridized carbons (Fsp3) is 0.409. The Balaban J connectivity index is 1.86. The molecule has 156 valence electrons. The van der Waals surface area contributed by atoms with Gasteiger partial charge in [0, 0.05) is 13.1 Å². The first-order valence-electron chi connectivity index (χ1n) is 9.90. The maximum Gasteiger partial charge on any atom is 0.241 e. The third-order valence-electron chi connectivity index (χ3n) is 5.22. The number of methoxy groups -OCH3 is 1. The Morgan fingerprint density at radius 3 is 2.41 bits per heavy atom. The average Bonchev–Trinajstić information content (AvgIpc) is 2.74. The number of benzene rings is 2. The highest BCUT2D eigenvalue weighted by molar-refractivity contribution is 7.89. The highest BCUT2D eigenvalue weighted by atomic mass is 32.2. The predicted molar refractivity (Wildman–Crippen MR) is 112 cm³/mol. The van der Waals surface area contributed by atoms with E-state index in [1.807, 2.05) is 30.3 Å². The Morgan fingerprint density at radius 1 is 1.10 bits per heavy atom. The van der Waals surface area contributed by atoms with Crippen LogP contribution in [0.1, 0.15) is 30.4 Å². The number of piperidine rings is 1. The quantitative estimate of drug-likeness (QED) is 0.753. The van der Waals surface area contributed by atoms with E-state index in [1.165, 1.54) is 6.07 Å². The third-order valence-corrected chi connectivity index (χ3v) is 6.69. The first kappa shape index (κ1) is 21.3. The molecule has 1 saturated heterocycles. The van der Waals surface area contributed by atoms with Gasteiger partial charge in [-0.15, -0.1) is 0 Å². The van der Waals surface area contributed by atoms with Crippen molar-refractivity contribution < 1.29 is 17.9 Å². The minimum absolute atomic E-state index is 0.125. The fourth-order valence-corrected chi connectivity index (χ4v) is 4.91. The van der Waals surface area contributed by atoms with Gasteiger partial charge < -0.3 is 9.64 Å². The van der Waals surface area contributed by atoms with E-state index in [4.69, 9.17) is 4.74 Å². The van der Waals surface area contributed by atoms with Gasteiger partial charge in [0.25, 0.3) is 0 Å². The van der Waals surface area contributed by atoms with E-state index in [2.05, 4.69) is 4.72 Å². The van der Waals surface area contributed by atoms with Crippen LogP contribution in [-0.4, -0.2) is 45.5 Å². The summed E-state index contributed by atoms with van der Waals surface area (Å²) in [4.78, 5) is 15.1. The zero-order valence-electron chi connectivity index (χ0n) is 16.9. The second kappa shape index (κ2) is 9.41. The Bertz CT molecular complexity index is 939. The SMILES string of the molecule is COc1ccc(S(=O)(=O)N[C@H](Cc2ccccc2)C(=O)N2CCCCC2)cc1C. The van der Waals surface area contributed by atoms with Crippen molar-refractivity contribution in [3.63, 3.8) is 0 Å². The fourth-order valence-electron chi connectivity index (χ4n) is 3.64. The lowest BCUT2D eigenvalue weighted by atomic mass is 10.0. The Labute approximate surface area is 172 Å². The van der Waals surface area contributed by atoms with Gasteiger partial charge in [-0.1, -0.05) is 30.3 Å². The first-order valence-corrected chi connectivity index (χ1v) is 11.4. The van der Waals surface area contributed by atoms with Crippen LogP contribution in [0.2, 0.25) is 0 Å². The normalized spacial score (nSPS) is 15.7. The average molecular weight is 417 g/mol. The molecule has 1 aliphatic rings. The number of likely N-dealkylation sites (tertiary alicyclic amines) is 1. The topological polar surface area (TPSA) is 75.7 Å². The number of aryl methyl sites for hydroxylation is 1. The molecule has 2 aromatic carbocycles. The van der Waals surface area contributed by atoms with E-state index in [0.29, 0.717) is 25.3 Å². The summed E-state index contributed by atoms with van der Waals surface area (Å²) >= 11 is 0. The van der Waals surface area contributed by atoms with E-state index in [-0.39, 0.29) is 10.8 Å². The molecule has 0 saturated carbocycles. The van der Waals surface area contributed by atoms with E-state index in [0.717, 1.165) is 30.4 Å². The Hall–Kier alpha value is -2.38. The van der Waals surface area contributed by atoms with E-state index in [1.54, 1.807) is 31.1 Å². The lowest BCUT2D eigenvalue weighted by molar-refractivity contribution is -0.133. The van der Waals surface area contributed by atoms with Crippen molar-refractivity contribution >= 4 is 15.9 Å². The molecular formula is C22H28N2O4S. The van der Waals surface area contributed by atoms with Crippen molar-refractivity contribution in [3.05, 3.63) is 59.7 Å². The summed E-state index contributed by atoms with van der Waals surface area (Å²) in [5, 5.41) is 0. The van der Waals surface area contributed by atoms with E-state index >= 15 is 0 Å². The standard InChI is InChI=1S/C22H28N2O4S/c1-17-15-19(11-12-21(17)28-2)29(26,27)23-20(16-18-9-5-3-6-10-18)22(25)24-13-7-4-8-14-24/h3,5-6,9-12,15,20,23H,4,7-8,13-14,16H2,1-2H3/t20-/m1/s1. The molecule has 0 bridgehead atoms. The number of carbonyl (C=O) groups excluding carboxylic acids is 1. The molecule has 6 nitrogen and oxygen atoms in total. The summed E-state index contributed by atoms with van der Waals surface area (Å²) in [5.41, 5.74) is 1.63. The summed E-state index contributed by atoms with van der Waals surface area (Å²) in [5.74, 6) is 0.455. The molecule has 0 unspecified atom stereocenters. The minimum Gasteiger partial charge on any atom is -0.496 e. The van der Waals surface area contributed by atoms with Crippen LogP contribution < -0.4 is 9.46 Å². The Kier molecular flexibility index (Phi) is 6.92. The van der Waals surface area contributed by atoms with Crippen LogP contribution in [0.15, 0.2) is 53.4 Å². The summed E-state index contributed by atoms with van der Waals surface area (Å²) in [7, 11) is -2.32. The molecule has 7 heteroatoms. The van der Waals surface area contributed by atoms with Crippen molar-refractivity contribution in [2.45, 2.75) is 43.5 Å². The number of sulfonamides is 1. The van der Waals surface area contributed by atoms with Crippen molar-refractivity contribution in [1.82, 2.24) is 9.62 Å². The molecular weight excluding hydrogens is 388 g/mol. The second-order valence-electron chi connectivity index (χ2n) is 7.38. The number of nitrogens with one attached hydrogen (secondary N) is 1. The highest BCUT2D eigenvalue weighted by Gasteiger charge is 2.30. The van der Waals surface area contributed by atoms with Gasteiger partial charge in [-0.2, -0.15) is 4.72 Å². The monoisotopic (exact) mass is 416 g/mol. The third kappa shape index (κ3) is 5.36. The number of carbonyl (C=O) groups is 1. The number of hydrogen-bond acceptors (Lipinski definition) is 4. The number of nitrogens with zero attached hydrogens (tertiary/aromatic N) is 1. The predicted octanol–water partition coefficient (Wildman–Crippen LogP) is 2.91. The van der Waals surface area contributed by atoms with Gasteiger partial charge in [0.2, 0.25) is 15.9 Å². The molecule has 3 rings (SSSR count). The van der Waals surface area contributed by atoms with Crippen molar-refractivity contribution in [2.75, 3.05) is 20.2 Å². The van der Waals surface area contributed by atoms with Crippen LogP contribution in [0.4, 0.5) is 0 Å². The number of ether oxygens (including phenoxy) is 1. The second-order valence-corrected chi connectivity index (χ2v) is 9.09.